The molecule has 0 fully saturated rings. The Morgan fingerprint density at radius 2 is 0.944 bits per heavy atom. The molecule has 2 aromatic carbocycles. The van der Waals surface area contributed by atoms with Crippen LogP contribution in [-0.4, -0.2) is 62.2 Å². The third kappa shape index (κ3) is 16.4. The third-order valence-corrected chi connectivity index (χ3v) is 3.52. The number of aliphatic imine (C=N–C) groups is 2. The molecule has 14 nitrogen and oxygen atoms in total. The van der Waals surface area contributed by atoms with Gasteiger partial charge in [-0.25, -0.2) is 0 Å². The second-order valence-electron chi connectivity index (χ2n) is 6.61. The Balaban J connectivity index is 0.00000104. The third-order valence-electron chi connectivity index (χ3n) is 3.08. The van der Waals surface area contributed by atoms with Gasteiger partial charge in [0.2, 0.25) is 0 Å². The lowest BCUT2D eigenvalue weighted by Gasteiger charge is -2.08. The monoisotopic (exact) mass is 584 g/mol. The first kappa shape index (κ1) is 32.7. The molecule has 198 valence electrons. The first-order valence-electron chi connectivity index (χ1n) is 8.90. The van der Waals surface area contributed by atoms with Gasteiger partial charge in [-0.15, -0.1) is 0 Å². The van der Waals surface area contributed by atoms with Crippen molar-refractivity contribution in [1.29, 1.82) is 0 Å². The van der Waals surface area contributed by atoms with E-state index < -0.39 is 44.0 Å². The summed E-state index contributed by atoms with van der Waals surface area (Å²) in [5.74, 6) is -2.30. The van der Waals surface area contributed by atoms with E-state index in [1.807, 2.05) is 0 Å². The topological polar surface area (TPSA) is 272 Å². The number of hydrogen-bond acceptors (Lipinski definition) is 6. The molecule has 18 heteroatoms. The van der Waals surface area contributed by atoms with Crippen LogP contribution in [0.5, 0.6) is 0 Å². The molecule has 2 aromatic rings. The number of amides is 2. The number of hydrogen-bond donors (Lipinski definition) is 6. The largest absolute Gasteiger partial charge is 0.370 e. The molecule has 0 radical (unpaired) electrons. The van der Waals surface area contributed by atoms with Gasteiger partial charge in [-0.2, -0.15) is 26.8 Å². The van der Waals surface area contributed by atoms with Crippen LogP contribution in [0.2, 0.25) is 10.0 Å². The van der Waals surface area contributed by atoms with Gasteiger partial charge in [0.1, 0.15) is 0 Å². The maximum absolute atomic E-state index is 12.2. The van der Waals surface area contributed by atoms with Crippen molar-refractivity contribution in [2.45, 2.75) is 0 Å². The van der Waals surface area contributed by atoms with E-state index >= 15 is 0 Å². The van der Waals surface area contributed by atoms with Crippen molar-refractivity contribution < 1.29 is 35.5 Å². The quantitative estimate of drug-likeness (QED) is 0.163. The van der Waals surface area contributed by atoms with E-state index in [0.717, 1.165) is 0 Å². The Kier molecular flexibility index (Phi) is 12.5. The fourth-order valence-corrected chi connectivity index (χ4v) is 2.65. The Morgan fingerprint density at radius 3 is 1.22 bits per heavy atom. The summed E-state index contributed by atoms with van der Waals surface area (Å²) in [4.78, 5) is 31.3. The molecule has 36 heavy (non-hydrogen) atoms. The summed E-state index contributed by atoms with van der Waals surface area (Å²) >= 11 is 12.0. The van der Waals surface area contributed by atoms with Crippen molar-refractivity contribution >= 4 is 67.2 Å². The normalized spacial score (nSPS) is 10.5. The van der Waals surface area contributed by atoms with Crippen molar-refractivity contribution in [2.75, 3.05) is 12.5 Å². The molecule has 0 aromatic heterocycles. The van der Waals surface area contributed by atoms with E-state index in [0.29, 0.717) is 33.7 Å². The molecule has 0 aliphatic rings. The minimum absolute atomic E-state index is 0.0566. The van der Waals surface area contributed by atoms with Crippen LogP contribution >= 0.6 is 23.2 Å². The predicted molar refractivity (Wildman–Crippen MR) is 137 cm³/mol. The van der Waals surface area contributed by atoms with Crippen molar-refractivity contribution in [3.63, 3.8) is 0 Å². The highest BCUT2D eigenvalue weighted by Gasteiger charge is 2.14. The van der Waals surface area contributed by atoms with Gasteiger partial charge >= 0.3 is 0 Å². The molecule has 0 spiro atoms. The zero-order valence-corrected chi connectivity index (χ0v) is 21.7. The second-order valence-corrected chi connectivity index (χ2v) is 10.4. The van der Waals surface area contributed by atoms with Crippen LogP contribution in [0.3, 0.4) is 0 Å². The lowest BCUT2D eigenvalue weighted by molar-refractivity contribution is 0.100. The minimum Gasteiger partial charge on any atom is -0.370 e. The molecule has 0 atom stereocenters. The van der Waals surface area contributed by atoms with Crippen LogP contribution < -0.4 is 22.9 Å². The van der Waals surface area contributed by atoms with E-state index in [9.17, 15) is 26.4 Å². The van der Waals surface area contributed by atoms with Crippen LogP contribution in [0, 0.1) is 0 Å². The summed E-state index contributed by atoms with van der Waals surface area (Å²) in [7, 11) is -7.33. The van der Waals surface area contributed by atoms with Gasteiger partial charge in [0.25, 0.3) is 32.1 Å². The highest BCUT2D eigenvalue weighted by Crippen LogP contribution is 2.29. The fraction of sp³-hybridized carbons (Fsp3) is 0.111. The maximum Gasteiger partial charge on any atom is 0.280 e. The van der Waals surface area contributed by atoms with Crippen LogP contribution in [0.1, 0.15) is 20.7 Å². The molecule has 2 rings (SSSR count). The number of halogens is 2. The zero-order valence-electron chi connectivity index (χ0n) is 18.6. The Morgan fingerprint density at radius 1 is 0.667 bits per heavy atom. The molecule has 2 amide bonds. The van der Waals surface area contributed by atoms with Gasteiger partial charge in [-0.05, 0) is 47.5 Å². The van der Waals surface area contributed by atoms with Gasteiger partial charge in [0.15, 0.2) is 11.9 Å². The first-order valence-corrected chi connectivity index (χ1v) is 13.4. The van der Waals surface area contributed by atoms with E-state index in [2.05, 4.69) is 9.98 Å². The number of guanidine groups is 2. The van der Waals surface area contributed by atoms with Gasteiger partial charge in [-0.3, -0.25) is 18.7 Å². The molecular formula is C18H22Cl2N6O8S2. The Bertz CT molecular complexity index is 1290. The lowest BCUT2D eigenvalue weighted by atomic mass is 9.99. The maximum atomic E-state index is 12.2. The number of nitrogens with two attached hydrogens (primary N) is 4. The van der Waals surface area contributed by atoms with Crippen LogP contribution in [0.4, 0.5) is 0 Å². The average Bonchev–Trinajstić information content (AvgIpc) is 2.63. The smallest absolute Gasteiger partial charge is 0.280 e. The SMILES string of the molecule is CS(=O)(=O)O.CS(=O)(=O)O.NC(N)=NC(=O)c1cc(C(=O)N=C(N)N)cc(-c2cc(Cl)cc(Cl)c2)c1. The highest BCUT2D eigenvalue weighted by molar-refractivity contribution is 7.85. The number of nitrogens with zero attached hydrogens (tertiary/aromatic N) is 2. The van der Waals surface area contributed by atoms with Crippen molar-refractivity contribution in [2.24, 2.45) is 32.9 Å². The van der Waals surface area contributed by atoms with Crippen molar-refractivity contribution in [1.82, 2.24) is 0 Å². The molecular weight excluding hydrogens is 563 g/mol. The van der Waals surface area contributed by atoms with Crippen LogP contribution in [0.25, 0.3) is 11.1 Å². The number of benzene rings is 2. The summed E-state index contributed by atoms with van der Waals surface area (Å²) in [6.45, 7) is 0. The zero-order chi connectivity index (χ0) is 28.4. The number of carbonyl (C=O) groups is 2. The standard InChI is InChI=1S/C16H14Cl2N6O2.2CH4O3S/c17-11-4-8(5-12(18)6-11)7-1-9(13(25)23-15(19)20)3-10(2-7)14(26)24-16(21)22;2*1-5(2,3)4/h1-6H,(H4,19,20,23,25)(H4,21,22,24,26);2*1H3,(H,2,3,4). The van der Waals surface area contributed by atoms with Crippen LogP contribution in [0.15, 0.2) is 46.4 Å². The Hall–Kier alpha value is -3.28. The van der Waals surface area contributed by atoms with Crippen molar-refractivity contribution in [3.8, 4) is 11.1 Å². The summed E-state index contributed by atoms with van der Waals surface area (Å²) < 4.78 is 51.7. The van der Waals surface area contributed by atoms with Gasteiger partial charge in [0, 0.05) is 21.2 Å². The van der Waals surface area contributed by atoms with Crippen molar-refractivity contribution in [3.05, 3.63) is 57.6 Å². The van der Waals surface area contributed by atoms with E-state index in [-0.39, 0.29) is 11.1 Å². The van der Waals surface area contributed by atoms with Gasteiger partial charge in [-0.1, -0.05) is 23.2 Å². The van der Waals surface area contributed by atoms with Crippen LogP contribution in [-0.2, 0) is 20.2 Å². The van der Waals surface area contributed by atoms with E-state index in [4.69, 9.17) is 55.2 Å². The van der Waals surface area contributed by atoms with Gasteiger partial charge < -0.3 is 22.9 Å². The first-order chi connectivity index (χ1) is 16.2. The summed E-state index contributed by atoms with van der Waals surface area (Å²) in [6.07, 6.45) is 1.43. The summed E-state index contributed by atoms with van der Waals surface area (Å²) in [6, 6.07) is 9.04. The molecule has 0 unspecified atom stereocenters. The van der Waals surface area contributed by atoms with E-state index in [1.165, 1.54) is 18.2 Å². The number of rotatable bonds is 3. The molecule has 0 heterocycles. The van der Waals surface area contributed by atoms with Gasteiger partial charge in [0.05, 0.1) is 12.5 Å². The molecule has 0 saturated carbocycles. The molecule has 10 N–H and O–H groups in total. The van der Waals surface area contributed by atoms with E-state index in [1.54, 1.807) is 18.2 Å². The highest BCUT2D eigenvalue weighted by atomic mass is 35.5. The molecule has 0 bridgehead atoms. The minimum atomic E-state index is -3.67. The fourth-order valence-electron chi connectivity index (χ4n) is 2.13. The molecule has 0 aliphatic heterocycles. The molecule has 0 aliphatic carbocycles. The predicted octanol–water partition coefficient (Wildman–Crippen LogP) is 0.496. The second kappa shape index (κ2) is 13.7. The summed E-state index contributed by atoms with van der Waals surface area (Å²) in [5, 5.41) is 0.760. The lowest BCUT2D eigenvalue weighted by Crippen LogP contribution is -2.24. The molecule has 0 saturated heterocycles. The number of carbonyl (C=O) groups excluding carboxylic acids is 2. The summed E-state index contributed by atoms with van der Waals surface area (Å²) in [5.41, 5.74) is 22.1. The average molecular weight is 585 g/mol. The Labute approximate surface area is 216 Å².